The third-order valence-electron chi connectivity index (χ3n) is 3.74. The van der Waals surface area contributed by atoms with E-state index >= 15 is 0 Å². The molecule has 2 N–H and O–H groups in total. The number of piperidine rings is 1. The van der Waals surface area contributed by atoms with Crippen LogP contribution in [-0.2, 0) is 6.54 Å². The molecule has 0 radical (unpaired) electrons. The van der Waals surface area contributed by atoms with Crippen molar-refractivity contribution in [2.24, 2.45) is 0 Å². The second-order valence-corrected chi connectivity index (χ2v) is 4.84. The number of pyridine rings is 1. The average molecular weight is 250 g/mol. The molecular weight excluding hydrogens is 236 g/mol. The first-order valence-corrected chi connectivity index (χ1v) is 6.06. The van der Waals surface area contributed by atoms with Gasteiger partial charge in [-0.2, -0.15) is 0 Å². The van der Waals surface area contributed by atoms with Gasteiger partial charge < -0.3 is 19.7 Å². The van der Waals surface area contributed by atoms with E-state index in [2.05, 4.69) is 0 Å². The van der Waals surface area contributed by atoms with E-state index in [0.717, 1.165) is 19.3 Å². The number of nitrogens with zero attached hydrogens (tertiary/aromatic N) is 2. The summed E-state index contributed by atoms with van der Waals surface area (Å²) in [5, 5.41) is 19.2. The van der Waals surface area contributed by atoms with Crippen molar-refractivity contribution in [1.29, 1.82) is 0 Å². The van der Waals surface area contributed by atoms with Crippen LogP contribution < -0.4 is 5.43 Å². The molecule has 1 atom stereocenters. The summed E-state index contributed by atoms with van der Waals surface area (Å²) < 4.78 is 1.49. The number of hydrogen-bond donors (Lipinski definition) is 2. The third kappa shape index (κ3) is 1.41. The summed E-state index contributed by atoms with van der Waals surface area (Å²) in [6, 6.07) is 0.0973. The summed E-state index contributed by atoms with van der Waals surface area (Å²) in [5.41, 5.74) is -0.888. The predicted octanol–water partition coefficient (Wildman–Crippen LogP) is 0.268. The summed E-state index contributed by atoms with van der Waals surface area (Å²) in [4.78, 5) is 25.4. The van der Waals surface area contributed by atoms with Crippen molar-refractivity contribution in [2.45, 2.75) is 31.8 Å². The van der Waals surface area contributed by atoms with Gasteiger partial charge in [-0.15, -0.1) is 0 Å². The number of carbonyl (C=O) groups excluding carboxylic acids is 1. The lowest BCUT2D eigenvalue weighted by Crippen LogP contribution is -2.51. The highest BCUT2D eigenvalue weighted by Crippen LogP contribution is 2.29. The molecule has 1 aromatic rings. The number of amides is 1. The van der Waals surface area contributed by atoms with Crippen molar-refractivity contribution < 1.29 is 15.0 Å². The molecule has 1 fully saturated rings. The fourth-order valence-corrected chi connectivity index (χ4v) is 2.82. The van der Waals surface area contributed by atoms with Crippen molar-refractivity contribution in [3.8, 4) is 11.5 Å². The van der Waals surface area contributed by atoms with Crippen molar-refractivity contribution in [2.75, 3.05) is 6.54 Å². The molecule has 1 saturated heterocycles. The topological polar surface area (TPSA) is 82.8 Å². The lowest BCUT2D eigenvalue weighted by atomic mass is 9.98. The molecule has 6 nitrogen and oxygen atoms in total. The minimum atomic E-state index is -0.884. The molecule has 1 amide bonds. The fourth-order valence-electron chi connectivity index (χ4n) is 2.82. The highest BCUT2D eigenvalue weighted by atomic mass is 16.3. The maximum Gasteiger partial charge on any atom is 0.274 e. The number of aromatic hydroxyl groups is 2. The van der Waals surface area contributed by atoms with Gasteiger partial charge in [0.1, 0.15) is 0 Å². The smallest absolute Gasteiger partial charge is 0.274 e. The lowest BCUT2D eigenvalue weighted by molar-refractivity contribution is 0.0505. The molecule has 0 unspecified atom stereocenters. The van der Waals surface area contributed by atoms with Gasteiger partial charge in [0.05, 0.1) is 6.20 Å². The van der Waals surface area contributed by atoms with E-state index in [9.17, 15) is 19.8 Å². The van der Waals surface area contributed by atoms with Crippen LogP contribution in [-0.4, -0.2) is 38.2 Å². The fraction of sp³-hybridized carbons (Fsp3) is 0.500. The van der Waals surface area contributed by atoms with Crippen LogP contribution in [0, 0.1) is 0 Å². The summed E-state index contributed by atoms with van der Waals surface area (Å²) >= 11 is 0. The Morgan fingerprint density at radius 3 is 2.78 bits per heavy atom. The van der Waals surface area contributed by atoms with E-state index in [1.807, 2.05) is 0 Å². The van der Waals surface area contributed by atoms with Crippen LogP contribution in [0.2, 0.25) is 0 Å². The van der Waals surface area contributed by atoms with Gasteiger partial charge in [0, 0.05) is 19.1 Å². The van der Waals surface area contributed by atoms with Crippen molar-refractivity contribution >= 4 is 5.91 Å². The molecule has 3 heterocycles. The Morgan fingerprint density at radius 2 is 2.00 bits per heavy atom. The SMILES string of the molecule is O=C1c2c(O)c(=O)c(O)cn2C[C@@H]2CCCCN12. The van der Waals surface area contributed by atoms with Crippen LogP contribution in [0.15, 0.2) is 11.0 Å². The van der Waals surface area contributed by atoms with Gasteiger partial charge in [0.2, 0.25) is 0 Å². The van der Waals surface area contributed by atoms with Crippen LogP contribution in [0.3, 0.4) is 0 Å². The van der Waals surface area contributed by atoms with E-state index in [0.29, 0.717) is 13.1 Å². The Morgan fingerprint density at radius 1 is 1.22 bits per heavy atom. The number of fused-ring (bicyclic) bond motifs is 2. The number of rotatable bonds is 0. The molecule has 2 aliphatic rings. The zero-order valence-corrected chi connectivity index (χ0v) is 9.80. The molecule has 6 heteroatoms. The highest BCUT2D eigenvalue weighted by Gasteiger charge is 2.36. The molecule has 0 saturated carbocycles. The Labute approximate surface area is 103 Å². The van der Waals surface area contributed by atoms with Crippen molar-refractivity contribution in [1.82, 2.24) is 9.47 Å². The Bertz CT molecular complexity index is 578. The third-order valence-corrected chi connectivity index (χ3v) is 3.74. The van der Waals surface area contributed by atoms with Crippen LogP contribution in [0.1, 0.15) is 29.8 Å². The molecular formula is C12H14N2O4. The highest BCUT2D eigenvalue weighted by molar-refractivity contribution is 5.96. The van der Waals surface area contributed by atoms with E-state index in [4.69, 9.17) is 0 Å². The van der Waals surface area contributed by atoms with Crippen LogP contribution in [0.4, 0.5) is 0 Å². The molecule has 96 valence electrons. The normalized spacial score (nSPS) is 22.6. The van der Waals surface area contributed by atoms with E-state index < -0.39 is 16.9 Å². The molecule has 0 aliphatic carbocycles. The summed E-state index contributed by atoms with van der Waals surface area (Å²) in [5.74, 6) is -1.49. The number of hydrogen-bond acceptors (Lipinski definition) is 4. The van der Waals surface area contributed by atoms with Gasteiger partial charge in [0.25, 0.3) is 11.3 Å². The maximum absolute atomic E-state index is 12.3. The minimum absolute atomic E-state index is 0.00375. The van der Waals surface area contributed by atoms with E-state index in [-0.39, 0.29) is 17.6 Å². The second-order valence-electron chi connectivity index (χ2n) is 4.84. The summed E-state index contributed by atoms with van der Waals surface area (Å²) in [7, 11) is 0. The van der Waals surface area contributed by atoms with Crippen LogP contribution in [0.25, 0.3) is 0 Å². The number of aromatic nitrogens is 1. The zero-order chi connectivity index (χ0) is 12.9. The first-order chi connectivity index (χ1) is 8.59. The Balaban J connectivity index is 2.16. The van der Waals surface area contributed by atoms with Crippen LogP contribution >= 0.6 is 0 Å². The standard InChI is InChI=1S/C12H14N2O4/c15-8-6-13-5-7-3-1-2-4-14(7)12(18)9(13)11(17)10(8)16/h6-7,15,17H,1-5H2/t7-/m0/s1. The Kier molecular flexibility index (Phi) is 2.33. The van der Waals surface area contributed by atoms with Crippen molar-refractivity contribution in [3.05, 3.63) is 22.1 Å². The lowest BCUT2D eigenvalue weighted by Gasteiger charge is -2.40. The minimum Gasteiger partial charge on any atom is -0.503 e. The largest absolute Gasteiger partial charge is 0.503 e. The van der Waals surface area contributed by atoms with E-state index in [1.54, 1.807) is 4.90 Å². The second kappa shape index (κ2) is 3.76. The zero-order valence-electron chi connectivity index (χ0n) is 9.80. The summed E-state index contributed by atoms with van der Waals surface area (Å²) in [6.45, 7) is 1.18. The maximum atomic E-state index is 12.3. The van der Waals surface area contributed by atoms with Gasteiger partial charge in [-0.1, -0.05) is 0 Å². The molecule has 0 spiro atoms. The van der Waals surface area contributed by atoms with Crippen LogP contribution in [0.5, 0.6) is 11.5 Å². The van der Waals surface area contributed by atoms with E-state index in [1.165, 1.54) is 10.8 Å². The molecule has 18 heavy (non-hydrogen) atoms. The quantitative estimate of drug-likeness (QED) is 0.692. The van der Waals surface area contributed by atoms with Gasteiger partial charge in [-0.25, -0.2) is 0 Å². The molecule has 2 aliphatic heterocycles. The molecule has 0 aromatic carbocycles. The molecule has 3 rings (SSSR count). The first-order valence-electron chi connectivity index (χ1n) is 6.06. The van der Waals surface area contributed by atoms with Crippen molar-refractivity contribution in [3.63, 3.8) is 0 Å². The molecule has 0 bridgehead atoms. The summed E-state index contributed by atoms with van der Waals surface area (Å²) in [6.07, 6.45) is 4.17. The Hall–Kier alpha value is -1.98. The van der Waals surface area contributed by atoms with Gasteiger partial charge in [0.15, 0.2) is 17.2 Å². The van der Waals surface area contributed by atoms with Gasteiger partial charge in [-0.05, 0) is 19.3 Å². The monoisotopic (exact) mass is 250 g/mol. The molecule has 1 aromatic heterocycles. The average Bonchev–Trinajstić information content (AvgIpc) is 2.36. The van der Waals surface area contributed by atoms with Gasteiger partial charge >= 0.3 is 0 Å². The first kappa shape index (κ1) is 11.1. The predicted molar refractivity (Wildman–Crippen MR) is 62.7 cm³/mol. The number of carbonyl (C=O) groups is 1. The van der Waals surface area contributed by atoms with Gasteiger partial charge in [-0.3, -0.25) is 9.59 Å².